The molecule has 3 nitrogen and oxygen atoms in total. The van der Waals surface area contributed by atoms with Gasteiger partial charge in [0.1, 0.15) is 0 Å². The molecular weight excluding hydrogens is 442 g/mol. The number of carbonyl (C=O) groups is 2. The Labute approximate surface area is 197 Å². The van der Waals surface area contributed by atoms with E-state index in [0.717, 1.165) is 42.0 Å². The Balaban J connectivity index is 1.94. The number of carbonyl (C=O) groups excluding carboxylic acids is 2. The van der Waals surface area contributed by atoms with Crippen LogP contribution in [0, 0.1) is 6.92 Å². The van der Waals surface area contributed by atoms with E-state index < -0.39 is 5.54 Å². The third kappa shape index (κ3) is 3.71. The van der Waals surface area contributed by atoms with Crippen molar-refractivity contribution in [2.75, 3.05) is 4.90 Å². The van der Waals surface area contributed by atoms with Crippen molar-refractivity contribution < 1.29 is 9.59 Å². The van der Waals surface area contributed by atoms with Gasteiger partial charge in [0.2, 0.25) is 5.91 Å². The lowest BCUT2D eigenvalue weighted by atomic mass is 9.83. The van der Waals surface area contributed by atoms with Crippen LogP contribution in [0.5, 0.6) is 0 Å². The number of nitrogens with zero attached hydrogens (tertiary/aromatic N) is 1. The summed E-state index contributed by atoms with van der Waals surface area (Å²) < 4.78 is 0.997. The topological polar surface area (TPSA) is 37.4 Å². The maximum Gasteiger partial charge on any atom is 0.224 e. The number of thiocarbonyl (C=S) groups is 1. The van der Waals surface area contributed by atoms with Crippen molar-refractivity contribution in [3.63, 3.8) is 0 Å². The lowest BCUT2D eigenvalue weighted by Gasteiger charge is -2.45. The number of hydrogen-bond donors (Lipinski definition) is 0. The van der Waals surface area contributed by atoms with Gasteiger partial charge in [-0.3, -0.25) is 9.59 Å². The largest absolute Gasteiger partial charge is 0.302 e. The Morgan fingerprint density at radius 1 is 1.00 bits per heavy atom. The van der Waals surface area contributed by atoms with Crippen LogP contribution in [0.2, 0.25) is 0 Å². The highest BCUT2D eigenvalue weighted by Gasteiger charge is 2.44. The first-order valence-electron chi connectivity index (χ1n) is 10.00. The molecule has 31 heavy (non-hydrogen) atoms. The number of hydrogen-bond acceptors (Lipinski definition) is 5. The lowest BCUT2D eigenvalue weighted by molar-refractivity contribution is -0.117. The molecule has 0 fully saturated rings. The summed E-state index contributed by atoms with van der Waals surface area (Å²) in [4.78, 5) is 29.3. The molecule has 0 N–H and O–H groups in total. The highest BCUT2D eigenvalue weighted by Crippen LogP contribution is 2.58. The number of aryl methyl sites for hydroxylation is 1. The summed E-state index contributed by atoms with van der Waals surface area (Å²) >= 11 is 9.09. The molecule has 0 spiro atoms. The predicted molar refractivity (Wildman–Crippen MR) is 137 cm³/mol. The Kier molecular flexibility index (Phi) is 5.75. The molecule has 0 saturated heterocycles. The minimum absolute atomic E-state index is 0.0410. The van der Waals surface area contributed by atoms with Crippen molar-refractivity contribution in [1.82, 2.24) is 0 Å². The molecule has 2 aromatic carbocycles. The summed E-state index contributed by atoms with van der Waals surface area (Å²) in [5, 5.41) is 0. The SMILES string of the molecule is CC(=O)C1=C(c2ccccc2)S/C(=C2\C(=S)C(C)(C)N(C(C)=O)c3ccc(C)cc32)S1. The summed E-state index contributed by atoms with van der Waals surface area (Å²) in [7, 11) is 0. The number of anilines is 1. The van der Waals surface area contributed by atoms with E-state index in [1.807, 2.05) is 63.2 Å². The highest BCUT2D eigenvalue weighted by atomic mass is 32.2. The zero-order valence-electron chi connectivity index (χ0n) is 18.1. The summed E-state index contributed by atoms with van der Waals surface area (Å²) in [6.07, 6.45) is 0. The van der Waals surface area contributed by atoms with Crippen LogP contribution in [-0.4, -0.2) is 22.1 Å². The molecule has 4 rings (SSSR count). The van der Waals surface area contributed by atoms with Crippen LogP contribution in [0.15, 0.2) is 57.7 Å². The van der Waals surface area contributed by atoms with E-state index in [1.54, 1.807) is 30.5 Å². The molecule has 2 aliphatic rings. The van der Waals surface area contributed by atoms with Crippen LogP contribution in [0.3, 0.4) is 0 Å². The van der Waals surface area contributed by atoms with Crippen LogP contribution in [0.4, 0.5) is 5.69 Å². The molecule has 6 heteroatoms. The zero-order chi connectivity index (χ0) is 22.5. The van der Waals surface area contributed by atoms with Gasteiger partial charge in [-0.2, -0.15) is 0 Å². The molecule has 0 saturated carbocycles. The van der Waals surface area contributed by atoms with E-state index in [9.17, 15) is 9.59 Å². The van der Waals surface area contributed by atoms with Gasteiger partial charge in [-0.25, -0.2) is 0 Å². The van der Waals surface area contributed by atoms with E-state index >= 15 is 0 Å². The Morgan fingerprint density at radius 3 is 2.29 bits per heavy atom. The fraction of sp³-hybridized carbons (Fsp3) is 0.240. The van der Waals surface area contributed by atoms with Crippen molar-refractivity contribution in [3.05, 3.63) is 74.4 Å². The minimum atomic E-state index is -0.654. The number of fused-ring (bicyclic) bond motifs is 1. The summed E-state index contributed by atoms with van der Waals surface area (Å²) in [5.74, 6) is 0.00326. The molecule has 0 atom stereocenters. The summed E-state index contributed by atoms with van der Waals surface area (Å²) in [6.45, 7) is 9.20. The average molecular weight is 466 g/mol. The molecule has 0 unspecified atom stereocenters. The smallest absolute Gasteiger partial charge is 0.224 e. The van der Waals surface area contributed by atoms with Crippen LogP contribution >= 0.6 is 35.7 Å². The van der Waals surface area contributed by atoms with E-state index in [-0.39, 0.29) is 11.7 Å². The number of amides is 1. The molecule has 0 radical (unpaired) electrons. The number of Topliss-reactive ketones (excluding diaryl/α,β-unsaturated/α-hetero) is 1. The first kappa shape index (κ1) is 22.1. The first-order valence-corrected chi connectivity index (χ1v) is 12.0. The van der Waals surface area contributed by atoms with Crippen LogP contribution in [-0.2, 0) is 9.59 Å². The Hall–Kier alpha value is -2.15. The second kappa shape index (κ2) is 8.08. The monoisotopic (exact) mass is 465 g/mol. The van der Waals surface area contributed by atoms with Crippen molar-refractivity contribution in [3.8, 4) is 0 Å². The van der Waals surface area contributed by atoms with Crippen LogP contribution in [0.1, 0.15) is 44.4 Å². The number of allylic oxidation sites excluding steroid dienone is 1. The molecule has 0 bridgehead atoms. The van der Waals surface area contributed by atoms with Crippen molar-refractivity contribution in [2.24, 2.45) is 0 Å². The fourth-order valence-corrected chi connectivity index (χ4v) is 7.25. The number of thioether (sulfide) groups is 2. The molecule has 2 aliphatic heterocycles. The Morgan fingerprint density at radius 2 is 1.68 bits per heavy atom. The molecular formula is C25H23NO2S3. The first-order chi connectivity index (χ1) is 14.6. The molecule has 2 heterocycles. The van der Waals surface area contributed by atoms with E-state index in [2.05, 4.69) is 6.07 Å². The molecule has 0 aromatic heterocycles. The number of benzene rings is 2. The molecule has 158 valence electrons. The normalized spacial score (nSPS) is 20.2. The molecule has 2 aromatic rings. The fourth-order valence-electron chi connectivity index (χ4n) is 4.05. The van der Waals surface area contributed by atoms with Crippen LogP contribution in [0.25, 0.3) is 10.5 Å². The zero-order valence-corrected chi connectivity index (χ0v) is 20.6. The van der Waals surface area contributed by atoms with Gasteiger partial charge in [0.15, 0.2) is 5.78 Å². The van der Waals surface area contributed by atoms with Gasteiger partial charge >= 0.3 is 0 Å². The molecule has 1 amide bonds. The lowest BCUT2D eigenvalue weighted by Crippen LogP contribution is -2.55. The van der Waals surface area contributed by atoms with E-state index in [1.165, 1.54) is 11.8 Å². The van der Waals surface area contributed by atoms with Gasteiger partial charge in [0.25, 0.3) is 0 Å². The van der Waals surface area contributed by atoms with E-state index in [0.29, 0.717) is 4.86 Å². The van der Waals surface area contributed by atoms with Gasteiger partial charge < -0.3 is 4.90 Å². The van der Waals surface area contributed by atoms with Gasteiger partial charge in [-0.05, 0) is 45.4 Å². The Bertz CT molecular complexity index is 1190. The standard InChI is InChI=1S/C25H23NO2S3/c1-14-11-12-19-18(13-14)20(23(29)25(4,5)26(19)16(3)28)24-30-21(15(2)27)22(31-24)17-9-7-6-8-10-17/h6-13H,1-5H3/b24-20-. The molecule has 0 aliphatic carbocycles. The average Bonchev–Trinajstić information content (AvgIpc) is 3.15. The maximum absolute atomic E-state index is 12.6. The van der Waals surface area contributed by atoms with Gasteiger partial charge in [0, 0.05) is 23.0 Å². The third-order valence-electron chi connectivity index (χ3n) is 5.47. The second-order valence-electron chi connectivity index (χ2n) is 8.21. The summed E-state index contributed by atoms with van der Waals surface area (Å²) in [5.41, 5.74) is 4.23. The maximum atomic E-state index is 12.6. The predicted octanol–water partition coefficient (Wildman–Crippen LogP) is 6.62. The van der Waals surface area contributed by atoms with Gasteiger partial charge in [-0.1, -0.05) is 77.7 Å². The quantitative estimate of drug-likeness (QED) is 0.368. The van der Waals surface area contributed by atoms with Crippen molar-refractivity contribution in [2.45, 2.75) is 40.2 Å². The highest BCUT2D eigenvalue weighted by molar-refractivity contribution is 8.32. The number of rotatable bonds is 2. The minimum Gasteiger partial charge on any atom is -0.302 e. The van der Waals surface area contributed by atoms with Crippen molar-refractivity contribution >= 4 is 68.5 Å². The van der Waals surface area contributed by atoms with E-state index in [4.69, 9.17) is 12.2 Å². The number of ketones is 1. The van der Waals surface area contributed by atoms with Crippen LogP contribution < -0.4 is 4.90 Å². The third-order valence-corrected chi connectivity index (χ3v) is 8.93. The second-order valence-corrected chi connectivity index (χ2v) is 10.9. The van der Waals surface area contributed by atoms with Crippen molar-refractivity contribution in [1.29, 1.82) is 0 Å². The summed E-state index contributed by atoms with van der Waals surface area (Å²) in [6, 6.07) is 16.1. The van der Waals surface area contributed by atoms with Gasteiger partial charge in [0.05, 0.1) is 25.2 Å². The van der Waals surface area contributed by atoms with Gasteiger partial charge in [-0.15, -0.1) is 0 Å².